The standard InChI is InChI=1S/C18H11F3N6O/c19-18(20,21)15-8-25-16(9-24-15)26-10-12(5-22)27(17(26)28)14-7-23-6-11-3-1-2-4-13(11)14/h1-4,6-9,12H,10H2. The number of carbonyl (C=O) groups is 1. The smallest absolute Gasteiger partial charge is 0.274 e. The number of alkyl halides is 3. The van der Waals surface area contributed by atoms with Crippen LogP contribution < -0.4 is 9.80 Å². The molecule has 1 aliphatic rings. The number of benzene rings is 1. The number of anilines is 2. The molecule has 140 valence electrons. The van der Waals surface area contributed by atoms with E-state index >= 15 is 0 Å². The lowest BCUT2D eigenvalue weighted by molar-refractivity contribution is -0.141. The third-order valence-electron chi connectivity index (χ3n) is 4.37. The Balaban J connectivity index is 1.73. The van der Waals surface area contributed by atoms with Gasteiger partial charge in [0.25, 0.3) is 0 Å². The van der Waals surface area contributed by atoms with E-state index in [9.17, 15) is 23.2 Å². The number of aromatic nitrogens is 3. The van der Waals surface area contributed by atoms with Crippen molar-refractivity contribution in [2.45, 2.75) is 12.2 Å². The number of hydrogen-bond acceptors (Lipinski definition) is 5. The molecule has 1 saturated heterocycles. The lowest BCUT2D eigenvalue weighted by atomic mass is 10.1. The van der Waals surface area contributed by atoms with Crippen molar-refractivity contribution < 1.29 is 18.0 Å². The molecule has 1 unspecified atom stereocenters. The first-order valence-electron chi connectivity index (χ1n) is 8.12. The SMILES string of the molecule is N#CC1CN(c2cnc(C(F)(F)F)cn2)C(=O)N1c1cncc2ccccc12. The molecule has 1 aromatic carbocycles. The van der Waals surface area contributed by atoms with Crippen LogP contribution in [0.4, 0.5) is 29.5 Å². The number of hydrogen-bond donors (Lipinski definition) is 0. The molecule has 1 atom stereocenters. The van der Waals surface area contributed by atoms with Gasteiger partial charge in [-0.1, -0.05) is 24.3 Å². The number of halogens is 3. The number of amides is 2. The highest BCUT2D eigenvalue weighted by atomic mass is 19.4. The summed E-state index contributed by atoms with van der Waals surface area (Å²) in [6.07, 6.45) is -0.0745. The van der Waals surface area contributed by atoms with Crippen LogP contribution in [0.15, 0.2) is 49.1 Å². The van der Waals surface area contributed by atoms with E-state index in [0.29, 0.717) is 11.9 Å². The van der Waals surface area contributed by atoms with Crippen molar-refractivity contribution in [3.8, 4) is 6.07 Å². The van der Waals surface area contributed by atoms with Crippen molar-refractivity contribution in [2.24, 2.45) is 0 Å². The summed E-state index contributed by atoms with van der Waals surface area (Å²) in [6.45, 7) is -0.0569. The van der Waals surface area contributed by atoms with Crippen LogP contribution in [0.25, 0.3) is 10.8 Å². The molecule has 7 nitrogen and oxygen atoms in total. The van der Waals surface area contributed by atoms with Crippen molar-refractivity contribution in [3.05, 3.63) is 54.7 Å². The molecule has 1 fully saturated rings. The summed E-state index contributed by atoms with van der Waals surface area (Å²) < 4.78 is 38.0. The molecule has 0 radical (unpaired) electrons. The molecule has 0 saturated carbocycles. The molecule has 0 bridgehead atoms. The number of pyridine rings is 1. The summed E-state index contributed by atoms with van der Waals surface area (Å²) in [4.78, 5) is 26.5. The number of nitriles is 1. The Labute approximate surface area is 156 Å². The van der Waals surface area contributed by atoms with Gasteiger partial charge in [-0.25, -0.2) is 14.8 Å². The Bertz CT molecular complexity index is 1090. The second-order valence-corrected chi connectivity index (χ2v) is 6.05. The molecule has 0 spiro atoms. The highest BCUT2D eigenvalue weighted by Crippen LogP contribution is 2.33. The molecule has 0 aliphatic carbocycles. The summed E-state index contributed by atoms with van der Waals surface area (Å²) in [5.41, 5.74) is -0.716. The van der Waals surface area contributed by atoms with Crippen LogP contribution in [0.3, 0.4) is 0 Å². The highest BCUT2D eigenvalue weighted by Gasteiger charge is 2.41. The quantitative estimate of drug-likeness (QED) is 0.676. The number of carbonyl (C=O) groups excluding carboxylic acids is 1. The first-order valence-corrected chi connectivity index (χ1v) is 8.12. The first kappa shape index (κ1) is 17.7. The minimum Gasteiger partial charge on any atom is -0.274 e. The van der Waals surface area contributed by atoms with Gasteiger partial charge in [-0.2, -0.15) is 18.4 Å². The van der Waals surface area contributed by atoms with Crippen LogP contribution in [0.5, 0.6) is 0 Å². The monoisotopic (exact) mass is 384 g/mol. The Morgan fingerprint density at radius 3 is 2.57 bits per heavy atom. The third kappa shape index (κ3) is 2.87. The van der Waals surface area contributed by atoms with Gasteiger partial charge in [0.05, 0.1) is 36.9 Å². The van der Waals surface area contributed by atoms with E-state index in [0.717, 1.165) is 21.9 Å². The van der Waals surface area contributed by atoms with E-state index in [2.05, 4.69) is 21.0 Å². The molecule has 10 heteroatoms. The van der Waals surface area contributed by atoms with Gasteiger partial charge >= 0.3 is 12.2 Å². The summed E-state index contributed by atoms with van der Waals surface area (Å²) in [6, 6.07) is 7.86. The van der Waals surface area contributed by atoms with E-state index in [1.165, 1.54) is 11.1 Å². The van der Waals surface area contributed by atoms with Gasteiger partial charge in [-0.05, 0) is 0 Å². The molecular formula is C18H11F3N6O. The predicted molar refractivity (Wildman–Crippen MR) is 93.4 cm³/mol. The maximum Gasteiger partial charge on any atom is 0.434 e. The van der Waals surface area contributed by atoms with Crippen molar-refractivity contribution in [3.63, 3.8) is 0 Å². The zero-order valence-corrected chi connectivity index (χ0v) is 14.1. The maximum absolute atomic E-state index is 13.0. The topological polar surface area (TPSA) is 86.0 Å². The van der Waals surface area contributed by atoms with Crippen LogP contribution in [0, 0.1) is 11.3 Å². The zero-order chi connectivity index (χ0) is 19.9. The van der Waals surface area contributed by atoms with Gasteiger partial charge in [-0.15, -0.1) is 0 Å². The summed E-state index contributed by atoms with van der Waals surface area (Å²) in [5, 5.41) is 11.0. The van der Waals surface area contributed by atoms with Gasteiger partial charge in [0.1, 0.15) is 6.04 Å². The van der Waals surface area contributed by atoms with E-state index in [1.807, 2.05) is 12.1 Å². The van der Waals surface area contributed by atoms with E-state index < -0.39 is 23.9 Å². The average molecular weight is 384 g/mol. The Morgan fingerprint density at radius 2 is 1.89 bits per heavy atom. The number of urea groups is 1. The molecule has 4 rings (SSSR count). The second kappa shape index (κ2) is 6.45. The van der Waals surface area contributed by atoms with Crippen LogP contribution in [0.2, 0.25) is 0 Å². The molecule has 2 aromatic heterocycles. The fourth-order valence-corrected chi connectivity index (χ4v) is 3.06. The normalized spacial score (nSPS) is 17.2. The minimum atomic E-state index is -4.63. The van der Waals surface area contributed by atoms with Crippen molar-refractivity contribution >= 4 is 28.3 Å². The Morgan fingerprint density at radius 1 is 1.11 bits per heavy atom. The molecule has 1 aliphatic heterocycles. The lowest BCUT2D eigenvalue weighted by Crippen LogP contribution is -2.35. The molecular weight excluding hydrogens is 373 g/mol. The predicted octanol–water partition coefficient (Wildman–Crippen LogP) is 3.38. The van der Waals surface area contributed by atoms with Crippen molar-refractivity contribution in [1.29, 1.82) is 5.26 Å². The molecule has 2 amide bonds. The highest BCUT2D eigenvalue weighted by molar-refractivity contribution is 6.11. The fraction of sp³-hybridized carbons (Fsp3) is 0.167. The number of rotatable bonds is 2. The van der Waals surface area contributed by atoms with E-state index in [4.69, 9.17) is 0 Å². The molecule has 3 aromatic rings. The lowest BCUT2D eigenvalue weighted by Gasteiger charge is -2.20. The van der Waals surface area contributed by atoms with Gasteiger partial charge < -0.3 is 0 Å². The van der Waals surface area contributed by atoms with Gasteiger partial charge in [0, 0.05) is 17.0 Å². The van der Waals surface area contributed by atoms with Gasteiger partial charge in [0.15, 0.2) is 11.5 Å². The van der Waals surface area contributed by atoms with Crippen LogP contribution >= 0.6 is 0 Å². The number of nitrogens with zero attached hydrogens (tertiary/aromatic N) is 6. The van der Waals surface area contributed by atoms with Crippen molar-refractivity contribution in [2.75, 3.05) is 16.3 Å². The summed E-state index contributed by atoms with van der Waals surface area (Å²) in [7, 11) is 0. The Kier molecular flexibility index (Phi) is 4.07. The summed E-state index contributed by atoms with van der Waals surface area (Å²) in [5.74, 6) is -0.0612. The van der Waals surface area contributed by atoms with E-state index in [-0.39, 0.29) is 12.4 Å². The maximum atomic E-state index is 13.0. The first-order chi connectivity index (χ1) is 13.4. The minimum absolute atomic E-state index is 0.0569. The largest absolute Gasteiger partial charge is 0.434 e. The van der Waals surface area contributed by atoms with Crippen LogP contribution in [-0.4, -0.2) is 33.6 Å². The van der Waals surface area contributed by atoms with E-state index in [1.54, 1.807) is 18.3 Å². The van der Waals surface area contributed by atoms with Gasteiger partial charge in [0.2, 0.25) is 0 Å². The summed E-state index contributed by atoms with van der Waals surface area (Å²) >= 11 is 0. The van der Waals surface area contributed by atoms with Crippen LogP contribution in [0.1, 0.15) is 5.69 Å². The number of fused-ring (bicyclic) bond motifs is 1. The average Bonchev–Trinajstić information content (AvgIpc) is 3.03. The third-order valence-corrected chi connectivity index (χ3v) is 4.37. The van der Waals surface area contributed by atoms with Crippen LogP contribution in [-0.2, 0) is 6.18 Å². The molecule has 28 heavy (non-hydrogen) atoms. The second-order valence-electron chi connectivity index (χ2n) is 6.05. The zero-order valence-electron chi connectivity index (χ0n) is 14.1. The Hall–Kier alpha value is -3.74. The molecule has 0 N–H and O–H groups in total. The van der Waals surface area contributed by atoms with Crippen molar-refractivity contribution in [1.82, 2.24) is 15.0 Å². The molecule has 3 heterocycles. The fourth-order valence-electron chi connectivity index (χ4n) is 3.06. The van der Waals surface area contributed by atoms with Gasteiger partial charge in [-0.3, -0.25) is 14.8 Å².